The van der Waals surface area contributed by atoms with Crippen LogP contribution in [-0.4, -0.2) is 73.7 Å². The van der Waals surface area contributed by atoms with Crippen molar-refractivity contribution in [2.24, 2.45) is 16.8 Å². The standard InChI is InChI=1S/C21H43N5/c1-6-22-21(24-20-16-26(17(2)3)15-19(20)5)23-11-7-8-12-25-13-9-10-18(4)14-25/h17-20H,6-16H2,1-5H3,(H2,22,23,24). The van der Waals surface area contributed by atoms with Crippen LogP contribution in [0.15, 0.2) is 4.99 Å². The number of nitrogens with zero attached hydrogens (tertiary/aromatic N) is 3. The molecule has 2 fully saturated rings. The molecule has 26 heavy (non-hydrogen) atoms. The van der Waals surface area contributed by atoms with Gasteiger partial charge in [-0.2, -0.15) is 0 Å². The molecule has 5 heteroatoms. The molecule has 0 amide bonds. The second-order valence-electron chi connectivity index (χ2n) is 8.79. The van der Waals surface area contributed by atoms with E-state index in [1.54, 1.807) is 0 Å². The Morgan fingerprint density at radius 1 is 1.15 bits per heavy atom. The molecule has 152 valence electrons. The van der Waals surface area contributed by atoms with E-state index in [1.165, 1.54) is 51.9 Å². The number of aliphatic imine (C=N–C) groups is 1. The van der Waals surface area contributed by atoms with Crippen molar-refractivity contribution in [2.75, 3.05) is 45.8 Å². The van der Waals surface area contributed by atoms with E-state index >= 15 is 0 Å². The van der Waals surface area contributed by atoms with Gasteiger partial charge in [0, 0.05) is 44.8 Å². The van der Waals surface area contributed by atoms with Gasteiger partial charge in [-0.3, -0.25) is 9.89 Å². The first-order chi connectivity index (χ1) is 12.5. The number of likely N-dealkylation sites (tertiary alicyclic amines) is 2. The Balaban J connectivity index is 1.70. The Labute approximate surface area is 162 Å². The highest BCUT2D eigenvalue weighted by Gasteiger charge is 2.31. The van der Waals surface area contributed by atoms with Crippen molar-refractivity contribution in [1.29, 1.82) is 0 Å². The molecule has 0 bridgehead atoms. The van der Waals surface area contributed by atoms with Crippen LogP contribution in [0, 0.1) is 11.8 Å². The van der Waals surface area contributed by atoms with E-state index in [-0.39, 0.29) is 0 Å². The minimum Gasteiger partial charge on any atom is -0.357 e. The quantitative estimate of drug-likeness (QED) is 0.394. The molecule has 2 N–H and O–H groups in total. The summed E-state index contributed by atoms with van der Waals surface area (Å²) >= 11 is 0. The van der Waals surface area contributed by atoms with E-state index in [4.69, 9.17) is 4.99 Å². The van der Waals surface area contributed by atoms with Gasteiger partial charge < -0.3 is 15.5 Å². The SMILES string of the molecule is CCNC(=NCCCCN1CCCC(C)C1)NC1CN(C(C)C)CC1C. The van der Waals surface area contributed by atoms with Gasteiger partial charge in [0.1, 0.15) is 0 Å². The zero-order chi connectivity index (χ0) is 18.9. The van der Waals surface area contributed by atoms with Crippen LogP contribution >= 0.6 is 0 Å². The highest BCUT2D eigenvalue weighted by Crippen LogP contribution is 2.18. The predicted molar refractivity (Wildman–Crippen MR) is 113 cm³/mol. The summed E-state index contributed by atoms with van der Waals surface area (Å²) in [5, 5.41) is 7.11. The summed E-state index contributed by atoms with van der Waals surface area (Å²) in [6.07, 6.45) is 5.23. The first kappa shape index (κ1) is 21.5. The first-order valence-corrected chi connectivity index (χ1v) is 11.0. The van der Waals surface area contributed by atoms with Crippen molar-refractivity contribution in [1.82, 2.24) is 20.4 Å². The number of hydrogen-bond acceptors (Lipinski definition) is 3. The molecule has 0 aromatic rings. The summed E-state index contributed by atoms with van der Waals surface area (Å²) < 4.78 is 0. The lowest BCUT2D eigenvalue weighted by Crippen LogP contribution is -2.46. The number of unbranched alkanes of at least 4 members (excludes halogenated alkanes) is 1. The lowest BCUT2D eigenvalue weighted by molar-refractivity contribution is 0.181. The van der Waals surface area contributed by atoms with E-state index in [9.17, 15) is 0 Å². The van der Waals surface area contributed by atoms with Gasteiger partial charge in [-0.05, 0) is 71.4 Å². The summed E-state index contributed by atoms with van der Waals surface area (Å²) in [4.78, 5) is 10.0. The first-order valence-electron chi connectivity index (χ1n) is 11.0. The molecule has 0 spiro atoms. The third-order valence-electron chi connectivity index (χ3n) is 5.93. The third kappa shape index (κ3) is 7.07. The second kappa shape index (κ2) is 11.1. The number of piperidine rings is 1. The Bertz CT molecular complexity index is 423. The zero-order valence-electron chi connectivity index (χ0n) is 17.9. The van der Waals surface area contributed by atoms with Crippen molar-refractivity contribution in [3.8, 4) is 0 Å². The molecule has 0 aliphatic carbocycles. The van der Waals surface area contributed by atoms with Crippen molar-refractivity contribution >= 4 is 5.96 Å². The molecule has 5 nitrogen and oxygen atoms in total. The van der Waals surface area contributed by atoms with Gasteiger partial charge in [0.15, 0.2) is 5.96 Å². The Hall–Kier alpha value is -0.810. The largest absolute Gasteiger partial charge is 0.357 e. The van der Waals surface area contributed by atoms with Crippen LogP contribution in [0.25, 0.3) is 0 Å². The number of guanidine groups is 1. The average molecular weight is 366 g/mol. The topological polar surface area (TPSA) is 42.9 Å². The fourth-order valence-electron chi connectivity index (χ4n) is 4.24. The van der Waals surface area contributed by atoms with Crippen molar-refractivity contribution in [3.63, 3.8) is 0 Å². The summed E-state index contributed by atoms with van der Waals surface area (Å²) in [5.74, 6) is 2.55. The van der Waals surface area contributed by atoms with Crippen LogP contribution in [0.3, 0.4) is 0 Å². The molecule has 0 radical (unpaired) electrons. The maximum absolute atomic E-state index is 4.84. The fraction of sp³-hybridized carbons (Fsp3) is 0.952. The van der Waals surface area contributed by atoms with Gasteiger partial charge in [-0.15, -0.1) is 0 Å². The molecule has 3 atom stereocenters. The van der Waals surface area contributed by atoms with Gasteiger partial charge in [-0.1, -0.05) is 13.8 Å². The smallest absolute Gasteiger partial charge is 0.191 e. The van der Waals surface area contributed by atoms with Crippen LogP contribution in [0.5, 0.6) is 0 Å². The lowest BCUT2D eigenvalue weighted by atomic mass is 10.0. The highest BCUT2D eigenvalue weighted by molar-refractivity contribution is 5.80. The van der Waals surface area contributed by atoms with E-state index < -0.39 is 0 Å². The van der Waals surface area contributed by atoms with Crippen LogP contribution in [-0.2, 0) is 0 Å². The van der Waals surface area contributed by atoms with Crippen LogP contribution in [0.4, 0.5) is 0 Å². The third-order valence-corrected chi connectivity index (χ3v) is 5.93. The summed E-state index contributed by atoms with van der Waals surface area (Å²) in [6.45, 7) is 19.4. The Morgan fingerprint density at radius 2 is 1.96 bits per heavy atom. The minimum atomic E-state index is 0.505. The average Bonchev–Trinajstić information content (AvgIpc) is 2.96. The molecule has 2 rings (SSSR count). The number of hydrogen-bond donors (Lipinski definition) is 2. The Morgan fingerprint density at radius 3 is 2.62 bits per heavy atom. The van der Waals surface area contributed by atoms with Crippen LogP contribution in [0.2, 0.25) is 0 Å². The van der Waals surface area contributed by atoms with Crippen LogP contribution in [0.1, 0.15) is 60.3 Å². The van der Waals surface area contributed by atoms with E-state index in [0.29, 0.717) is 18.0 Å². The summed E-state index contributed by atoms with van der Waals surface area (Å²) in [6, 6.07) is 1.13. The molecule has 0 aromatic heterocycles. The van der Waals surface area contributed by atoms with Crippen molar-refractivity contribution in [2.45, 2.75) is 72.4 Å². The molecule has 2 heterocycles. The number of rotatable bonds is 8. The molecule has 2 saturated heterocycles. The van der Waals surface area contributed by atoms with Gasteiger partial charge in [0.2, 0.25) is 0 Å². The van der Waals surface area contributed by atoms with Crippen LogP contribution < -0.4 is 10.6 Å². The van der Waals surface area contributed by atoms with Gasteiger partial charge >= 0.3 is 0 Å². The maximum atomic E-state index is 4.84. The lowest BCUT2D eigenvalue weighted by Gasteiger charge is -2.30. The minimum absolute atomic E-state index is 0.505. The van der Waals surface area contributed by atoms with Crippen molar-refractivity contribution in [3.05, 3.63) is 0 Å². The van der Waals surface area contributed by atoms with Gasteiger partial charge in [0.05, 0.1) is 0 Å². The highest BCUT2D eigenvalue weighted by atomic mass is 15.3. The number of nitrogens with one attached hydrogen (secondary N) is 2. The summed E-state index contributed by atoms with van der Waals surface area (Å²) in [7, 11) is 0. The molecular formula is C21H43N5. The maximum Gasteiger partial charge on any atom is 0.191 e. The predicted octanol–water partition coefficient (Wildman–Crippen LogP) is 2.78. The molecular weight excluding hydrogens is 322 g/mol. The summed E-state index contributed by atoms with van der Waals surface area (Å²) in [5.41, 5.74) is 0. The Kier molecular flexibility index (Phi) is 9.20. The van der Waals surface area contributed by atoms with Gasteiger partial charge in [-0.25, -0.2) is 0 Å². The van der Waals surface area contributed by atoms with E-state index in [2.05, 4.69) is 55.1 Å². The van der Waals surface area contributed by atoms with Crippen molar-refractivity contribution < 1.29 is 0 Å². The second-order valence-corrected chi connectivity index (χ2v) is 8.79. The normalized spacial score (nSPS) is 28.7. The van der Waals surface area contributed by atoms with E-state index in [1.807, 2.05) is 0 Å². The molecule has 0 aromatic carbocycles. The van der Waals surface area contributed by atoms with Gasteiger partial charge in [0.25, 0.3) is 0 Å². The zero-order valence-corrected chi connectivity index (χ0v) is 17.9. The molecule has 0 saturated carbocycles. The monoisotopic (exact) mass is 365 g/mol. The molecule has 2 aliphatic heterocycles. The molecule has 3 unspecified atom stereocenters. The fourth-order valence-corrected chi connectivity index (χ4v) is 4.24. The molecule has 2 aliphatic rings. The van der Waals surface area contributed by atoms with E-state index in [0.717, 1.165) is 31.5 Å².